The molecule has 2 aromatic rings. The highest BCUT2D eigenvalue weighted by atomic mass is 16.2. The van der Waals surface area contributed by atoms with Crippen LogP contribution in [0.15, 0.2) is 48.5 Å². The summed E-state index contributed by atoms with van der Waals surface area (Å²) in [5.41, 5.74) is 3.40. The minimum atomic E-state index is -0.982. The molecule has 0 aliphatic carbocycles. The van der Waals surface area contributed by atoms with E-state index in [1.54, 1.807) is 0 Å². The van der Waals surface area contributed by atoms with Gasteiger partial charge in [0.25, 0.3) is 0 Å². The molecule has 0 saturated carbocycles. The molecule has 2 heteroatoms. The van der Waals surface area contributed by atoms with Crippen LogP contribution >= 0.6 is 0 Å². The van der Waals surface area contributed by atoms with Crippen molar-refractivity contribution in [2.75, 3.05) is 0 Å². The van der Waals surface area contributed by atoms with E-state index in [4.69, 9.17) is 0 Å². The van der Waals surface area contributed by atoms with Crippen molar-refractivity contribution in [1.29, 1.82) is 0 Å². The predicted molar refractivity (Wildman–Crippen MR) is 93.6 cm³/mol. The smallest absolute Gasteiger partial charge is 0.144 e. The Morgan fingerprint density at radius 1 is 0.696 bits per heavy atom. The van der Waals surface area contributed by atoms with Gasteiger partial charge in [0.15, 0.2) is 0 Å². The Hall–Kier alpha value is -2.22. The third kappa shape index (κ3) is 3.95. The lowest BCUT2D eigenvalue weighted by molar-refractivity contribution is -0.138. The fraction of sp³-hybridized carbons (Fsp3) is 0.333. The van der Waals surface area contributed by atoms with Crippen LogP contribution in [0.3, 0.4) is 0 Å². The molecule has 0 radical (unpaired) electrons. The molecule has 0 aliphatic rings. The maximum atomic E-state index is 12.4. The quantitative estimate of drug-likeness (QED) is 0.747. The van der Waals surface area contributed by atoms with Crippen molar-refractivity contribution in [2.45, 2.75) is 40.5 Å². The second-order valence-electron chi connectivity index (χ2n) is 6.52. The summed E-state index contributed by atoms with van der Waals surface area (Å²) in [6, 6.07) is 16.1. The van der Waals surface area contributed by atoms with Gasteiger partial charge in [-0.2, -0.15) is 0 Å². The third-order valence-corrected chi connectivity index (χ3v) is 4.60. The second kappa shape index (κ2) is 6.91. The van der Waals surface area contributed by atoms with E-state index in [1.807, 2.05) is 62.4 Å². The molecule has 0 fully saturated rings. The Balaban J connectivity index is 2.38. The van der Waals surface area contributed by atoms with Gasteiger partial charge in [0.1, 0.15) is 11.6 Å². The minimum absolute atomic E-state index is 0.0637. The molecule has 0 spiro atoms. The number of hydrogen-bond acceptors (Lipinski definition) is 2. The Morgan fingerprint density at radius 2 is 1.00 bits per heavy atom. The lowest BCUT2D eigenvalue weighted by Crippen LogP contribution is -2.41. The summed E-state index contributed by atoms with van der Waals surface area (Å²) in [7, 11) is 0. The van der Waals surface area contributed by atoms with Crippen LogP contribution in [-0.4, -0.2) is 11.6 Å². The molecule has 2 aromatic carbocycles. The van der Waals surface area contributed by atoms with Crippen molar-refractivity contribution >= 4 is 11.6 Å². The van der Waals surface area contributed by atoms with E-state index < -0.39 is 5.41 Å². The number of ketones is 2. The van der Waals surface area contributed by atoms with Crippen molar-refractivity contribution in [3.05, 3.63) is 70.8 Å². The molecule has 0 aromatic heterocycles. The molecular weight excluding hydrogens is 284 g/mol. The van der Waals surface area contributed by atoms with Crippen LogP contribution in [0.4, 0.5) is 0 Å². The molecule has 2 rings (SSSR count). The van der Waals surface area contributed by atoms with E-state index in [0.717, 1.165) is 11.1 Å². The Morgan fingerprint density at radius 3 is 1.26 bits per heavy atom. The van der Waals surface area contributed by atoms with E-state index in [1.165, 1.54) is 25.0 Å². The Kier molecular flexibility index (Phi) is 5.15. The summed E-state index contributed by atoms with van der Waals surface area (Å²) in [6.07, 6.45) is 0.900. The maximum absolute atomic E-state index is 12.4. The van der Waals surface area contributed by atoms with E-state index in [9.17, 15) is 9.59 Å². The molecule has 0 unspecified atom stereocenters. The summed E-state index contributed by atoms with van der Waals surface area (Å²) >= 11 is 0. The van der Waals surface area contributed by atoms with Crippen LogP contribution < -0.4 is 0 Å². The van der Waals surface area contributed by atoms with E-state index in [-0.39, 0.29) is 11.6 Å². The first-order valence-electron chi connectivity index (χ1n) is 7.97. The highest BCUT2D eigenvalue weighted by Gasteiger charge is 2.40. The molecule has 23 heavy (non-hydrogen) atoms. The minimum Gasteiger partial charge on any atom is -0.299 e. The van der Waals surface area contributed by atoms with Crippen molar-refractivity contribution in [2.24, 2.45) is 5.41 Å². The Bertz CT molecular complexity index is 630. The van der Waals surface area contributed by atoms with E-state index in [2.05, 4.69) is 0 Å². The number of carbonyl (C=O) groups excluding carboxylic acids is 2. The first-order valence-corrected chi connectivity index (χ1v) is 7.97. The molecular formula is C21H24O2. The van der Waals surface area contributed by atoms with Crippen molar-refractivity contribution in [3.63, 3.8) is 0 Å². The number of aryl methyl sites for hydroxylation is 2. The van der Waals surface area contributed by atoms with Gasteiger partial charge in [0.2, 0.25) is 0 Å². The van der Waals surface area contributed by atoms with Gasteiger partial charge in [0, 0.05) is 0 Å². The zero-order valence-corrected chi connectivity index (χ0v) is 14.3. The van der Waals surface area contributed by atoms with Gasteiger partial charge in [-0.15, -0.1) is 0 Å². The molecule has 0 heterocycles. The molecule has 120 valence electrons. The van der Waals surface area contributed by atoms with Gasteiger partial charge in [-0.05, 0) is 51.7 Å². The first-order chi connectivity index (χ1) is 10.8. The number of hydrogen-bond donors (Lipinski definition) is 0. The molecule has 0 bridgehead atoms. The fourth-order valence-corrected chi connectivity index (χ4v) is 2.92. The van der Waals surface area contributed by atoms with Crippen LogP contribution in [0, 0.1) is 19.3 Å². The standard InChI is InChI=1S/C21H24O2/c1-15-5-9-19(10-6-15)13-21(17(3)22,18(4)23)14-20-11-7-16(2)8-12-20/h5-12H,13-14H2,1-4H3. The highest BCUT2D eigenvalue weighted by molar-refractivity contribution is 6.05. The molecule has 0 atom stereocenters. The molecule has 0 aliphatic heterocycles. The van der Waals surface area contributed by atoms with Gasteiger partial charge in [0.05, 0.1) is 5.41 Å². The van der Waals surface area contributed by atoms with Crippen LogP contribution in [-0.2, 0) is 22.4 Å². The molecule has 0 amide bonds. The topological polar surface area (TPSA) is 34.1 Å². The largest absolute Gasteiger partial charge is 0.299 e. The average Bonchev–Trinajstić information content (AvgIpc) is 2.50. The van der Waals surface area contributed by atoms with Gasteiger partial charge in [-0.1, -0.05) is 59.7 Å². The average molecular weight is 308 g/mol. The Labute approximate surface area is 138 Å². The van der Waals surface area contributed by atoms with Crippen LogP contribution in [0.25, 0.3) is 0 Å². The van der Waals surface area contributed by atoms with Crippen molar-refractivity contribution in [3.8, 4) is 0 Å². The van der Waals surface area contributed by atoms with Crippen LogP contribution in [0.1, 0.15) is 36.1 Å². The maximum Gasteiger partial charge on any atom is 0.144 e. The van der Waals surface area contributed by atoms with Gasteiger partial charge < -0.3 is 0 Å². The summed E-state index contributed by atoms with van der Waals surface area (Å²) in [4.78, 5) is 24.9. The normalized spacial score (nSPS) is 11.3. The lowest BCUT2D eigenvalue weighted by atomic mass is 9.71. The van der Waals surface area contributed by atoms with Gasteiger partial charge in [-0.3, -0.25) is 9.59 Å². The zero-order chi connectivity index (χ0) is 17.0. The van der Waals surface area contributed by atoms with Gasteiger partial charge >= 0.3 is 0 Å². The number of rotatable bonds is 6. The summed E-state index contributed by atoms with van der Waals surface area (Å²) in [6.45, 7) is 7.12. The van der Waals surface area contributed by atoms with E-state index in [0.29, 0.717) is 12.8 Å². The summed E-state index contributed by atoms with van der Waals surface area (Å²) < 4.78 is 0. The fourth-order valence-electron chi connectivity index (χ4n) is 2.92. The lowest BCUT2D eigenvalue weighted by Gasteiger charge is -2.29. The zero-order valence-electron chi connectivity index (χ0n) is 14.3. The molecule has 0 saturated heterocycles. The SMILES string of the molecule is CC(=O)C(Cc1ccc(C)cc1)(Cc1ccc(C)cc1)C(C)=O. The van der Waals surface area contributed by atoms with Crippen molar-refractivity contribution in [1.82, 2.24) is 0 Å². The predicted octanol–water partition coefficient (Wildman–Crippen LogP) is 4.25. The first kappa shape index (κ1) is 17.1. The molecule has 2 nitrogen and oxygen atoms in total. The second-order valence-corrected chi connectivity index (χ2v) is 6.52. The van der Waals surface area contributed by atoms with Gasteiger partial charge in [-0.25, -0.2) is 0 Å². The third-order valence-electron chi connectivity index (χ3n) is 4.60. The summed E-state index contributed by atoms with van der Waals surface area (Å²) in [5.74, 6) is -0.127. The summed E-state index contributed by atoms with van der Waals surface area (Å²) in [5, 5.41) is 0. The number of benzene rings is 2. The van der Waals surface area contributed by atoms with Crippen LogP contribution in [0.2, 0.25) is 0 Å². The number of carbonyl (C=O) groups is 2. The molecule has 0 N–H and O–H groups in total. The van der Waals surface area contributed by atoms with E-state index >= 15 is 0 Å². The monoisotopic (exact) mass is 308 g/mol. The highest BCUT2D eigenvalue weighted by Crippen LogP contribution is 2.31. The van der Waals surface area contributed by atoms with Crippen molar-refractivity contribution < 1.29 is 9.59 Å². The number of Topliss-reactive ketones (excluding diaryl/α,β-unsaturated/α-hetero) is 2. The van der Waals surface area contributed by atoms with Crippen LogP contribution in [0.5, 0.6) is 0 Å².